The molecule has 1 fully saturated rings. The highest BCUT2D eigenvalue weighted by Crippen LogP contribution is 2.14. The van der Waals surface area contributed by atoms with Gasteiger partial charge >= 0.3 is 18.0 Å². The molecular weight excluding hydrogens is 544 g/mol. The number of ether oxygens (including phenoxy) is 1. The van der Waals surface area contributed by atoms with Crippen LogP contribution in [0, 0.1) is 0 Å². The lowest BCUT2D eigenvalue weighted by atomic mass is 10.0. The van der Waals surface area contributed by atoms with Gasteiger partial charge in [0, 0.05) is 6.42 Å². The van der Waals surface area contributed by atoms with Gasteiger partial charge in [-0.2, -0.15) is 0 Å². The molecular formula is C34H66N4O5. The quantitative estimate of drug-likeness (QED) is 0.0399. The van der Waals surface area contributed by atoms with E-state index in [4.69, 9.17) is 10.5 Å². The van der Waals surface area contributed by atoms with E-state index in [1.165, 1.54) is 148 Å². The number of rotatable bonds is 28. The van der Waals surface area contributed by atoms with Crippen LogP contribution in [-0.2, 0) is 14.3 Å². The number of urea groups is 2. The Morgan fingerprint density at radius 1 is 0.628 bits per heavy atom. The van der Waals surface area contributed by atoms with E-state index >= 15 is 0 Å². The molecule has 1 atom stereocenters. The fraction of sp³-hybridized carbons (Fsp3) is 0.882. The van der Waals surface area contributed by atoms with Crippen LogP contribution < -0.4 is 21.7 Å². The number of imide groups is 1. The number of nitrogens with two attached hydrogens (primary N) is 1. The van der Waals surface area contributed by atoms with Gasteiger partial charge in [0.15, 0.2) is 6.17 Å². The molecule has 0 aliphatic carbocycles. The fourth-order valence-electron chi connectivity index (χ4n) is 5.15. The Morgan fingerprint density at radius 2 is 1.00 bits per heavy atom. The Bertz CT molecular complexity index is 704. The lowest BCUT2D eigenvalue weighted by Gasteiger charge is -2.06. The Morgan fingerprint density at radius 3 is 1.35 bits per heavy atom. The molecule has 0 bridgehead atoms. The normalized spacial score (nSPS) is 14.0. The van der Waals surface area contributed by atoms with Crippen molar-refractivity contribution in [3.63, 3.8) is 0 Å². The summed E-state index contributed by atoms with van der Waals surface area (Å²) in [6.45, 7) is 5.19. The highest BCUT2D eigenvalue weighted by Gasteiger charge is 2.29. The van der Waals surface area contributed by atoms with Gasteiger partial charge in [-0.15, -0.1) is 0 Å². The first-order chi connectivity index (χ1) is 20.9. The zero-order valence-corrected chi connectivity index (χ0v) is 27.8. The number of nitrogens with one attached hydrogen (secondary N) is 3. The van der Waals surface area contributed by atoms with E-state index in [1.54, 1.807) is 0 Å². The third kappa shape index (κ3) is 29.5. The van der Waals surface area contributed by atoms with Gasteiger partial charge in [0.05, 0.1) is 6.61 Å². The van der Waals surface area contributed by atoms with E-state index in [0.717, 1.165) is 12.8 Å². The van der Waals surface area contributed by atoms with Crippen molar-refractivity contribution >= 4 is 23.9 Å². The van der Waals surface area contributed by atoms with Crippen molar-refractivity contribution in [2.75, 3.05) is 6.61 Å². The van der Waals surface area contributed by atoms with Gasteiger partial charge in [-0.1, -0.05) is 162 Å². The number of esters is 1. The van der Waals surface area contributed by atoms with Crippen molar-refractivity contribution in [3.05, 3.63) is 0 Å². The van der Waals surface area contributed by atoms with E-state index in [0.29, 0.717) is 13.0 Å². The molecule has 0 aromatic carbocycles. The molecule has 1 saturated heterocycles. The van der Waals surface area contributed by atoms with Gasteiger partial charge in [-0.3, -0.25) is 14.9 Å². The summed E-state index contributed by atoms with van der Waals surface area (Å²) in [5, 5.41) is 6.05. The molecule has 1 aliphatic rings. The summed E-state index contributed by atoms with van der Waals surface area (Å²) in [5.74, 6) is -0.593. The highest BCUT2D eigenvalue weighted by molar-refractivity contribution is 6.05. The molecule has 0 aromatic rings. The minimum Gasteiger partial charge on any atom is -0.466 e. The minimum atomic E-state index is -1.04. The predicted molar refractivity (Wildman–Crippen MR) is 176 cm³/mol. The molecule has 0 saturated carbocycles. The molecule has 0 aromatic heterocycles. The Labute approximate surface area is 263 Å². The van der Waals surface area contributed by atoms with Crippen LogP contribution in [0.4, 0.5) is 9.59 Å². The molecule has 1 aliphatic heterocycles. The van der Waals surface area contributed by atoms with Crippen molar-refractivity contribution in [2.24, 2.45) is 5.73 Å². The number of hydrogen-bond donors (Lipinski definition) is 4. The second-order valence-electron chi connectivity index (χ2n) is 12.0. The summed E-state index contributed by atoms with van der Waals surface area (Å²) in [5.41, 5.74) is 4.70. The molecule has 5 N–H and O–H groups in total. The monoisotopic (exact) mass is 611 g/mol. The maximum absolute atomic E-state index is 11.8. The number of primary amides is 1. The Balaban J connectivity index is 0.00000133. The third-order valence-electron chi connectivity index (χ3n) is 7.81. The first kappa shape index (κ1) is 40.7. The Kier molecular flexibility index (Phi) is 29.4. The Hall–Kier alpha value is -2.32. The van der Waals surface area contributed by atoms with Crippen LogP contribution in [0.25, 0.3) is 0 Å². The van der Waals surface area contributed by atoms with E-state index in [1.807, 2.05) is 10.6 Å². The minimum absolute atomic E-state index is 0.0237. The summed E-state index contributed by atoms with van der Waals surface area (Å²) in [7, 11) is 0. The lowest BCUT2D eigenvalue weighted by Crippen LogP contribution is -2.48. The molecule has 1 heterocycles. The van der Waals surface area contributed by atoms with E-state index < -0.39 is 24.1 Å². The number of amides is 5. The predicted octanol–water partition coefficient (Wildman–Crippen LogP) is 8.53. The topological polar surface area (TPSA) is 140 Å². The van der Waals surface area contributed by atoms with Gasteiger partial charge in [-0.05, 0) is 12.8 Å². The number of carbonyl (C=O) groups is 4. The molecule has 5 amide bonds. The van der Waals surface area contributed by atoms with Crippen LogP contribution in [0.15, 0.2) is 0 Å². The van der Waals surface area contributed by atoms with Crippen LogP contribution in [-0.4, -0.2) is 36.7 Å². The number of carbonyl (C=O) groups excluding carboxylic acids is 4. The van der Waals surface area contributed by atoms with Crippen molar-refractivity contribution in [1.29, 1.82) is 0 Å². The van der Waals surface area contributed by atoms with Gasteiger partial charge < -0.3 is 21.1 Å². The van der Waals surface area contributed by atoms with Gasteiger partial charge in [0.25, 0.3) is 5.91 Å². The molecule has 0 radical (unpaired) electrons. The molecule has 0 spiro atoms. The summed E-state index contributed by atoms with van der Waals surface area (Å²) < 4.78 is 5.40. The maximum atomic E-state index is 11.8. The lowest BCUT2D eigenvalue weighted by molar-refractivity contribution is -0.143. The van der Waals surface area contributed by atoms with Crippen molar-refractivity contribution in [3.8, 4) is 0 Å². The SMILES string of the molecule is CCCCCCCCCCCCCCCCOC(=O)CCCCCCCCCCCCC.NC(=O)NC1NC(=O)NC1=O. The molecule has 252 valence electrons. The summed E-state index contributed by atoms with van der Waals surface area (Å²) in [6, 6.07) is -1.51. The molecule has 1 unspecified atom stereocenters. The maximum Gasteiger partial charge on any atom is 0.323 e. The second kappa shape index (κ2) is 31.1. The average molecular weight is 611 g/mol. The number of unbranched alkanes of at least 4 members (excludes halogenated alkanes) is 23. The van der Waals surface area contributed by atoms with Gasteiger partial charge in [0.1, 0.15) is 0 Å². The van der Waals surface area contributed by atoms with Gasteiger partial charge in [0.2, 0.25) is 0 Å². The van der Waals surface area contributed by atoms with Crippen LogP contribution in [0.5, 0.6) is 0 Å². The first-order valence-electron chi connectivity index (χ1n) is 17.7. The summed E-state index contributed by atoms with van der Waals surface area (Å²) in [6.07, 6.45) is 33.2. The first-order valence-corrected chi connectivity index (χ1v) is 17.7. The zero-order valence-electron chi connectivity index (χ0n) is 27.8. The van der Waals surface area contributed by atoms with Crippen molar-refractivity contribution in [1.82, 2.24) is 16.0 Å². The standard InChI is InChI=1S/C30H60O2.C4H6N4O3/c1-3-5-7-9-11-13-15-16-17-19-21-23-25-27-29-32-30(31)28-26-24-22-20-18-14-12-10-8-6-4-2;5-3(10)6-1-2(9)8-4(11)7-1/h3-29H2,1-2H3;1H,(H3,5,6,10)(H2,7,8,9,11). The van der Waals surface area contributed by atoms with Crippen molar-refractivity contribution in [2.45, 2.75) is 187 Å². The largest absolute Gasteiger partial charge is 0.466 e. The van der Waals surface area contributed by atoms with E-state index in [9.17, 15) is 19.2 Å². The van der Waals surface area contributed by atoms with Crippen LogP contribution in [0.3, 0.4) is 0 Å². The summed E-state index contributed by atoms with van der Waals surface area (Å²) >= 11 is 0. The van der Waals surface area contributed by atoms with E-state index in [-0.39, 0.29) is 5.97 Å². The molecule has 9 nitrogen and oxygen atoms in total. The molecule has 43 heavy (non-hydrogen) atoms. The fourth-order valence-corrected chi connectivity index (χ4v) is 5.15. The zero-order chi connectivity index (χ0) is 31.8. The van der Waals surface area contributed by atoms with Gasteiger partial charge in [-0.25, -0.2) is 9.59 Å². The third-order valence-corrected chi connectivity index (χ3v) is 7.81. The van der Waals surface area contributed by atoms with E-state index in [2.05, 4.69) is 19.2 Å². The van der Waals surface area contributed by atoms with Crippen LogP contribution in [0.2, 0.25) is 0 Å². The number of hydrogen-bond acceptors (Lipinski definition) is 5. The smallest absolute Gasteiger partial charge is 0.323 e. The second-order valence-corrected chi connectivity index (χ2v) is 12.0. The van der Waals surface area contributed by atoms with Crippen LogP contribution >= 0.6 is 0 Å². The highest BCUT2D eigenvalue weighted by atomic mass is 16.5. The van der Waals surface area contributed by atoms with Crippen molar-refractivity contribution < 1.29 is 23.9 Å². The summed E-state index contributed by atoms with van der Waals surface area (Å²) in [4.78, 5) is 43.1. The van der Waals surface area contributed by atoms with Crippen LogP contribution in [0.1, 0.15) is 181 Å². The molecule has 1 rings (SSSR count). The average Bonchev–Trinajstić information content (AvgIpc) is 3.29. The molecule has 9 heteroatoms.